The molecule has 1 aliphatic heterocycles. The Morgan fingerprint density at radius 1 is 1.40 bits per heavy atom. The van der Waals surface area contributed by atoms with E-state index < -0.39 is 6.23 Å². The summed E-state index contributed by atoms with van der Waals surface area (Å²) in [5.41, 5.74) is 0.343. The molecule has 108 valence electrons. The fourth-order valence-corrected chi connectivity index (χ4v) is 3.63. The van der Waals surface area contributed by atoms with Gasteiger partial charge in [-0.3, -0.25) is 4.79 Å². The van der Waals surface area contributed by atoms with Crippen molar-refractivity contribution in [2.45, 2.75) is 33.4 Å². The van der Waals surface area contributed by atoms with E-state index in [1.54, 1.807) is 4.90 Å². The Labute approximate surface area is 125 Å². The SMILES string of the molecule is CCN1C(=S)[C@@H](C(=O)c2ccccc2)C(C)(C)C[C@@H]1O. The number of Topliss-reactive ketones (excluding diaryl/α,β-unsaturated/α-hetero) is 1. The molecule has 0 amide bonds. The highest BCUT2D eigenvalue weighted by Crippen LogP contribution is 2.41. The molecular weight excluding hydrogens is 270 g/mol. The summed E-state index contributed by atoms with van der Waals surface area (Å²) >= 11 is 5.50. The number of piperidine rings is 1. The van der Waals surface area contributed by atoms with Gasteiger partial charge in [-0.2, -0.15) is 0 Å². The molecule has 1 heterocycles. The van der Waals surface area contributed by atoms with Gasteiger partial charge < -0.3 is 10.0 Å². The minimum atomic E-state index is -0.595. The number of hydrogen-bond acceptors (Lipinski definition) is 3. The van der Waals surface area contributed by atoms with Crippen LogP contribution in [0.5, 0.6) is 0 Å². The quantitative estimate of drug-likeness (QED) is 0.687. The second-order valence-corrected chi connectivity index (χ2v) is 6.38. The van der Waals surface area contributed by atoms with Gasteiger partial charge in [-0.05, 0) is 18.8 Å². The fraction of sp³-hybridized carbons (Fsp3) is 0.500. The van der Waals surface area contributed by atoms with Gasteiger partial charge in [0.25, 0.3) is 0 Å². The molecule has 0 aromatic heterocycles. The van der Waals surface area contributed by atoms with Gasteiger partial charge in [0, 0.05) is 12.1 Å². The molecule has 1 aromatic carbocycles. The molecule has 0 radical (unpaired) electrons. The van der Waals surface area contributed by atoms with Gasteiger partial charge >= 0.3 is 0 Å². The van der Waals surface area contributed by atoms with E-state index in [0.29, 0.717) is 23.5 Å². The third kappa shape index (κ3) is 2.63. The van der Waals surface area contributed by atoms with Crippen LogP contribution in [0.25, 0.3) is 0 Å². The van der Waals surface area contributed by atoms with E-state index in [0.717, 1.165) is 0 Å². The molecule has 2 atom stereocenters. The van der Waals surface area contributed by atoms with Crippen LogP contribution < -0.4 is 0 Å². The Morgan fingerprint density at radius 3 is 2.55 bits per heavy atom. The maximum Gasteiger partial charge on any atom is 0.173 e. The molecule has 0 unspecified atom stereocenters. The van der Waals surface area contributed by atoms with Crippen molar-refractivity contribution in [1.82, 2.24) is 4.90 Å². The van der Waals surface area contributed by atoms with Crippen molar-refractivity contribution in [3.05, 3.63) is 35.9 Å². The van der Waals surface area contributed by atoms with Gasteiger partial charge in [-0.1, -0.05) is 56.4 Å². The predicted molar refractivity (Wildman–Crippen MR) is 83.6 cm³/mol. The van der Waals surface area contributed by atoms with Gasteiger partial charge in [-0.15, -0.1) is 0 Å². The zero-order valence-corrected chi connectivity index (χ0v) is 13.0. The van der Waals surface area contributed by atoms with Gasteiger partial charge in [0.15, 0.2) is 5.78 Å². The van der Waals surface area contributed by atoms with Crippen molar-refractivity contribution in [3.63, 3.8) is 0 Å². The van der Waals surface area contributed by atoms with Crippen molar-refractivity contribution >= 4 is 23.0 Å². The average molecular weight is 291 g/mol. The van der Waals surface area contributed by atoms with Crippen LogP contribution in [0.4, 0.5) is 0 Å². The molecule has 1 saturated heterocycles. The van der Waals surface area contributed by atoms with Crippen LogP contribution in [0.15, 0.2) is 30.3 Å². The van der Waals surface area contributed by atoms with E-state index in [2.05, 4.69) is 0 Å². The van der Waals surface area contributed by atoms with E-state index in [4.69, 9.17) is 12.2 Å². The van der Waals surface area contributed by atoms with Crippen LogP contribution in [0.3, 0.4) is 0 Å². The van der Waals surface area contributed by atoms with Gasteiger partial charge in [0.2, 0.25) is 0 Å². The Hall–Kier alpha value is -1.26. The Balaban J connectivity index is 2.37. The number of carbonyl (C=O) groups excluding carboxylic acids is 1. The lowest BCUT2D eigenvalue weighted by molar-refractivity contribution is -0.0143. The number of aliphatic hydroxyl groups excluding tert-OH is 1. The number of carbonyl (C=O) groups is 1. The molecule has 0 bridgehead atoms. The summed E-state index contributed by atoms with van der Waals surface area (Å²) in [7, 11) is 0. The molecule has 1 N–H and O–H groups in total. The van der Waals surface area contributed by atoms with Crippen molar-refractivity contribution in [3.8, 4) is 0 Å². The summed E-state index contributed by atoms with van der Waals surface area (Å²) in [6, 6.07) is 9.25. The maximum atomic E-state index is 12.8. The summed E-state index contributed by atoms with van der Waals surface area (Å²) in [4.78, 5) is 15.1. The first-order valence-electron chi connectivity index (χ1n) is 6.96. The number of thiocarbonyl (C=S) groups is 1. The monoisotopic (exact) mass is 291 g/mol. The Kier molecular flexibility index (Phi) is 4.25. The van der Waals surface area contributed by atoms with Gasteiger partial charge in [-0.25, -0.2) is 0 Å². The summed E-state index contributed by atoms with van der Waals surface area (Å²) in [5.74, 6) is -0.311. The van der Waals surface area contributed by atoms with E-state index in [1.165, 1.54) is 0 Å². The lowest BCUT2D eigenvalue weighted by atomic mass is 9.69. The largest absolute Gasteiger partial charge is 0.374 e. The number of benzene rings is 1. The summed E-state index contributed by atoms with van der Waals surface area (Å²) in [5, 5.41) is 10.2. The van der Waals surface area contributed by atoms with E-state index in [-0.39, 0.29) is 17.1 Å². The minimum Gasteiger partial charge on any atom is -0.374 e. The zero-order valence-electron chi connectivity index (χ0n) is 12.2. The average Bonchev–Trinajstić information content (AvgIpc) is 2.38. The molecule has 1 fully saturated rings. The van der Waals surface area contributed by atoms with E-state index in [9.17, 15) is 9.90 Å². The summed E-state index contributed by atoms with van der Waals surface area (Å²) in [6.45, 7) is 6.56. The smallest absolute Gasteiger partial charge is 0.173 e. The maximum absolute atomic E-state index is 12.8. The molecule has 3 nitrogen and oxygen atoms in total. The van der Waals surface area contributed by atoms with Crippen LogP contribution in [0.2, 0.25) is 0 Å². The lowest BCUT2D eigenvalue weighted by Crippen LogP contribution is -2.56. The molecule has 4 heteroatoms. The summed E-state index contributed by atoms with van der Waals surface area (Å²) in [6.07, 6.45) is -0.0492. The number of likely N-dealkylation sites (tertiary alicyclic amines) is 1. The second kappa shape index (κ2) is 5.62. The molecule has 20 heavy (non-hydrogen) atoms. The van der Waals surface area contributed by atoms with Crippen molar-refractivity contribution in [2.24, 2.45) is 11.3 Å². The van der Waals surface area contributed by atoms with Crippen LogP contribution in [-0.2, 0) is 0 Å². The van der Waals surface area contributed by atoms with Crippen LogP contribution in [-0.4, -0.2) is 33.6 Å². The molecule has 1 aliphatic rings. The van der Waals surface area contributed by atoms with E-state index in [1.807, 2.05) is 51.1 Å². The zero-order chi connectivity index (χ0) is 14.9. The number of hydrogen-bond donors (Lipinski definition) is 1. The predicted octanol–water partition coefficient (Wildman–Crippen LogP) is 2.88. The molecule has 1 aromatic rings. The third-order valence-corrected chi connectivity index (χ3v) is 4.51. The first kappa shape index (κ1) is 15.1. The van der Waals surface area contributed by atoms with Crippen LogP contribution in [0, 0.1) is 11.3 Å². The number of nitrogens with zero attached hydrogens (tertiary/aromatic N) is 1. The fourth-order valence-electron chi connectivity index (χ4n) is 2.95. The van der Waals surface area contributed by atoms with Crippen LogP contribution >= 0.6 is 12.2 Å². The summed E-state index contributed by atoms with van der Waals surface area (Å²) < 4.78 is 0. The lowest BCUT2D eigenvalue weighted by Gasteiger charge is -2.47. The molecule has 2 rings (SSSR count). The van der Waals surface area contributed by atoms with Crippen molar-refractivity contribution in [2.75, 3.05) is 6.54 Å². The van der Waals surface area contributed by atoms with Gasteiger partial charge in [0.1, 0.15) is 6.23 Å². The van der Waals surface area contributed by atoms with Crippen LogP contribution in [0.1, 0.15) is 37.6 Å². The van der Waals surface area contributed by atoms with Gasteiger partial charge in [0.05, 0.1) is 10.9 Å². The Bertz CT molecular complexity index is 512. The first-order chi connectivity index (χ1) is 9.38. The first-order valence-corrected chi connectivity index (χ1v) is 7.37. The third-order valence-electron chi connectivity index (χ3n) is 4.04. The van der Waals surface area contributed by atoms with Crippen molar-refractivity contribution < 1.29 is 9.90 Å². The molecule has 0 aliphatic carbocycles. The minimum absolute atomic E-state index is 0.0472. The molecule has 0 spiro atoms. The second-order valence-electron chi connectivity index (χ2n) is 5.96. The van der Waals surface area contributed by atoms with Crippen molar-refractivity contribution in [1.29, 1.82) is 0 Å². The topological polar surface area (TPSA) is 40.5 Å². The Morgan fingerprint density at radius 2 is 2.00 bits per heavy atom. The highest BCUT2D eigenvalue weighted by molar-refractivity contribution is 7.80. The highest BCUT2D eigenvalue weighted by Gasteiger charge is 2.46. The number of rotatable bonds is 3. The number of aliphatic hydroxyl groups is 1. The normalized spacial score (nSPS) is 25.6. The molecular formula is C16H21NO2S. The molecule has 0 saturated carbocycles. The van der Waals surface area contributed by atoms with E-state index >= 15 is 0 Å². The number of ketones is 1. The standard InChI is InChI=1S/C16H21NO2S/c1-4-17-12(18)10-16(2,3)13(15(17)20)14(19)11-8-6-5-7-9-11/h5-9,12-13,18H,4,10H2,1-3H3/t12-,13+/m0/s1. The highest BCUT2D eigenvalue weighted by atomic mass is 32.1.